The number of thioether (sulfide) groups is 1. The van der Waals surface area contributed by atoms with E-state index in [1.807, 2.05) is 0 Å². The number of sulfone groups is 1. The van der Waals surface area contributed by atoms with E-state index < -0.39 is 14.6 Å². The molecule has 0 atom stereocenters. The van der Waals surface area contributed by atoms with Gasteiger partial charge in [-0.2, -0.15) is 11.8 Å². The topological polar surface area (TPSA) is 70.6 Å². The second kappa shape index (κ2) is 9.44. The van der Waals surface area contributed by atoms with Gasteiger partial charge in [-0.25, -0.2) is 8.42 Å². The van der Waals surface area contributed by atoms with Gasteiger partial charge in [0.15, 0.2) is 15.8 Å². The predicted molar refractivity (Wildman–Crippen MR) is 106 cm³/mol. The van der Waals surface area contributed by atoms with E-state index in [1.54, 1.807) is 39.6 Å². The smallest absolute Gasteiger partial charge is 0.191 e. The van der Waals surface area contributed by atoms with E-state index in [0.29, 0.717) is 12.5 Å². The van der Waals surface area contributed by atoms with E-state index in [0.717, 1.165) is 6.54 Å². The third-order valence-electron chi connectivity index (χ3n) is 3.05. The largest absolute Gasteiger partial charge is 0.355 e. The third kappa shape index (κ3) is 9.12. The van der Waals surface area contributed by atoms with Gasteiger partial charge in [0, 0.05) is 24.9 Å². The van der Waals surface area contributed by atoms with Gasteiger partial charge >= 0.3 is 0 Å². The van der Waals surface area contributed by atoms with Crippen LogP contribution in [0.15, 0.2) is 4.99 Å². The third-order valence-corrected chi connectivity index (χ3v) is 6.91. The Labute approximate surface area is 151 Å². The molecule has 0 aromatic heterocycles. The molecule has 0 aliphatic heterocycles. The molecule has 0 unspecified atom stereocenters. The van der Waals surface area contributed by atoms with Crippen LogP contribution in [0.5, 0.6) is 0 Å². The van der Waals surface area contributed by atoms with Crippen LogP contribution in [0.2, 0.25) is 0 Å². The first kappa shape index (κ1) is 23.6. The standard InChI is InChI=1S/C13H29N3O2S2.HI/c1-12(2,3)20(17,18)9-8-15-11(14-6)16-10-13(4,5)19-7;/h8-10H2,1-7H3,(H2,14,15,16);1H. The molecule has 0 radical (unpaired) electrons. The number of hydrogen-bond acceptors (Lipinski definition) is 4. The lowest BCUT2D eigenvalue weighted by molar-refractivity contribution is 0.558. The molecule has 0 amide bonds. The second-order valence-corrected chi connectivity index (χ2v) is 10.6. The number of rotatable bonds is 6. The fourth-order valence-corrected chi connectivity index (χ4v) is 2.40. The van der Waals surface area contributed by atoms with Crippen LogP contribution in [-0.2, 0) is 9.84 Å². The molecular weight excluding hydrogens is 421 g/mol. The van der Waals surface area contributed by atoms with Crippen molar-refractivity contribution in [3.8, 4) is 0 Å². The van der Waals surface area contributed by atoms with E-state index >= 15 is 0 Å². The molecular formula is C13H30IN3O2S2. The van der Waals surface area contributed by atoms with Crippen LogP contribution in [0, 0.1) is 0 Å². The van der Waals surface area contributed by atoms with Crippen molar-refractivity contribution in [1.82, 2.24) is 10.6 Å². The number of nitrogens with zero attached hydrogens (tertiary/aromatic N) is 1. The average molecular weight is 451 g/mol. The lowest BCUT2D eigenvalue weighted by Crippen LogP contribution is -2.45. The Hall–Kier alpha value is 0.300. The van der Waals surface area contributed by atoms with Crippen molar-refractivity contribution >= 4 is 51.5 Å². The molecule has 128 valence electrons. The summed E-state index contributed by atoms with van der Waals surface area (Å²) in [6, 6.07) is 0. The molecule has 0 saturated heterocycles. The number of halogens is 1. The van der Waals surface area contributed by atoms with Crippen molar-refractivity contribution in [1.29, 1.82) is 0 Å². The Balaban J connectivity index is 0. The minimum Gasteiger partial charge on any atom is -0.355 e. The monoisotopic (exact) mass is 451 g/mol. The van der Waals surface area contributed by atoms with Crippen LogP contribution in [0.4, 0.5) is 0 Å². The van der Waals surface area contributed by atoms with Gasteiger partial charge in [0.05, 0.1) is 10.5 Å². The molecule has 8 heteroatoms. The lowest BCUT2D eigenvalue weighted by atomic mass is 10.2. The Morgan fingerprint density at radius 1 is 1.14 bits per heavy atom. The van der Waals surface area contributed by atoms with Gasteiger partial charge in [-0.05, 0) is 40.9 Å². The SMILES string of the molecule is CN=C(NCCS(=O)(=O)C(C)(C)C)NCC(C)(C)SC.I. The van der Waals surface area contributed by atoms with E-state index in [-0.39, 0.29) is 34.5 Å². The summed E-state index contributed by atoms with van der Waals surface area (Å²) in [6.07, 6.45) is 2.06. The average Bonchev–Trinajstić information content (AvgIpc) is 2.32. The van der Waals surface area contributed by atoms with E-state index in [1.165, 1.54) is 0 Å². The summed E-state index contributed by atoms with van der Waals surface area (Å²) >= 11 is 1.77. The molecule has 2 N–H and O–H groups in total. The molecule has 21 heavy (non-hydrogen) atoms. The van der Waals surface area contributed by atoms with Crippen molar-refractivity contribution in [2.45, 2.75) is 44.1 Å². The van der Waals surface area contributed by atoms with Crippen molar-refractivity contribution in [2.24, 2.45) is 4.99 Å². The Kier molecular flexibility index (Phi) is 10.6. The zero-order valence-electron chi connectivity index (χ0n) is 14.1. The van der Waals surface area contributed by atoms with Crippen LogP contribution < -0.4 is 10.6 Å². The highest BCUT2D eigenvalue weighted by Gasteiger charge is 2.28. The van der Waals surface area contributed by atoms with Crippen LogP contribution in [0.3, 0.4) is 0 Å². The number of guanidine groups is 1. The minimum absolute atomic E-state index is 0. The minimum atomic E-state index is -3.10. The molecule has 5 nitrogen and oxygen atoms in total. The van der Waals surface area contributed by atoms with Gasteiger partial charge in [0.2, 0.25) is 0 Å². The predicted octanol–water partition coefficient (Wildman–Crippen LogP) is 2.12. The summed E-state index contributed by atoms with van der Waals surface area (Å²) < 4.78 is 23.4. The molecule has 0 aromatic carbocycles. The zero-order valence-corrected chi connectivity index (χ0v) is 18.1. The summed E-state index contributed by atoms with van der Waals surface area (Å²) in [5.74, 6) is 0.736. The normalized spacial score (nSPS) is 13.6. The number of aliphatic imine (C=N–C) groups is 1. The number of nitrogens with one attached hydrogen (secondary N) is 2. The molecule has 0 saturated carbocycles. The second-order valence-electron chi connectivity index (χ2n) is 6.25. The fraction of sp³-hybridized carbons (Fsp3) is 0.923. The maximum absolute atomic E-state index is 12.0. The molecule has 0 bridgehead atoms. The lowest BCUT2D eigenvalue weighted by Gasteiger charge is -2.24. The summed E-state index contributed by atoms with van der Waals surface area (Å²) in [4.78, 5) is 4.10. The Bertz CT molecular complexity index is 429. The maximum atomic E-state index is 12.0. The first-order chi connectivity index (χ1) is 8.95. The van der Waals surface area contributed by atoms with Gasteiger partial charge < -0.3 is 10.6 Å². The first-order valence-corrected chi connectivity index (χ1v) is 9.55. The molecule has 0 heterocycles. The quantitative estimate of drug-likeness (QED) is 0.368. The highest BCUT2D eigenvalue weighted by Crippen LogP contribution is 2.19. The van der Waals surface area contributed by atoms with Crippen LogP contribution in [-0.4, -0.2) is 56.0 Å². The zero-order chi connectivity index (χ0) is 16.0. The molecule has 0 aliphatic carbocycles. The first-order valence-electron chi connectivity index (χ1n) is 6.67. The Morgan fingerprint density at radius 3 is 2.05 bits per heavy atom. The number of hydrogen-bond donors (Lipinski definition) is 2. The van der Waals surface area contributed by atoms with Crippen LogP contribution in [0.25, 0.3) is 0 Å². The van der Waals surface area contributed by atoms with Crippen molar-refractivity contribution in [3.05, 3.63) is 0 Å². The van der Waals surface area contributed by atoms with Gasteiger partial charge in [0.25, 0.3) is 0 Å². The summed E-state index contributed by atoms with van der Waals surface area (Å²) in [6.45, 7) is 10.6. The highest BCUT2D eigenvalue weighted by atomic mass is 127. The van der Waals surface area contributed by atoms with Gasteiger partial charge in [-0.3, -0.25) is 4.99 Å². The van der Waals surface area contributed by atoms with Crippen molar-refractivity contribution in [2.75, 3.05) is 32.1 Å². The van der Waals surface area contributed by atoms with E-state index in [9.17, 15) is 8.42 Å². The Morgan fingerprint density at radius 2 is 1.67 bits per heavy atom. The molecule has 0 rings (SSSR count). The summed E-state index contributed by atoms with van der Waals surface area (Å²) in [7, 11) is -1.42. The molecule has 0 aromatic rings. The van der Waals surface area contributed by atoms with Crippen LogP contribution in [0.1, 0.15) is 34.6 Å². The fourth-order valence-electron chi connectivity index (χ4n) is 1.20. The maximum Gasteiger partial charge on any atom is 0.191 e. The summed E-state index contributed by atoms with van der Waals surface area (Å²) in [5.41, 5.74) is 0. The molecule has 0 spiro atoms. The van der Waals surface area contributed by atoms with E-state index in [4.69, 9.17) is 0 Å². The van der Waals surface area contributed by atoms with Crippen molar-refractivity contribution < 1.29 is 8.42 Å². The van der Waals surface area contributed by atoms with Gasteiger partial charge in [0.1, 0.15) is 0 Å². The molecule has 0 aliphatic rings. The summed E-state index contributed by atoms with van der Waals surface area (Å²) in [5, 5.41) is 6.25. The molecule has 0 fully saturated rings. The van der Waals surface area contributed by atoms with Gasteiger partial charge in [-0.15, -0.1) is 24.0 Å². The van der Waals surface area contributed by atoms with Crippen molar-refractivity contribution in [3.63, 3.8) is 0 Å². The highest BCUT2D eigenvalue weighted by molar-refractivity contribution is 14.0. The van der Waals surface area contributed by atoms with E-state index in [2.05, 4.69) is 35.7 Å². The van der Waals surface area contributed by atoms with Crippen LogP contribution >= 0.6 is 35.7 Å². The van der Waals surface area contributed by atoms with Gasteiger partial charge in [-0.1, -0.05) is 0 Å².